The summed E-state index contributed by atoms with van der Waals surface area (Å²) in [5.41, 5.74) is 3.51. The maximum absolute atomic E-state index is 13.6. The van der Waals surface area contributed by atoms with Gasteiger partial charge < -0.3 is 15.0 Å². The minimum absolute atomic E-state index is 0.0912. The van der Waals surface area contributed by atoms with E-state index >= 15 is 0 Å². The number of hydrogen-bond acceptors (Lipinski definition) is 5. The van der Waals surface area contributed by atoms with Crippen LogP contribution in [0.4, 0.5) is 10.2 Å². The van der Waals surface area contributed by atoms with E-state index in [1.165, 1.54) is 12.1 Å². The van der Waals surface area contributed by atoms with Gasteiger partial charge in [0.2, 0.25) is 0 Å². The lowest BCUT2D eigenvalue weighted by Crippen LogP contribution is -2.15. The fourth-order valence-corrected chi connectivity index (χ4v) is 3.52. The normalized spacial score (nSPS) is 12.3. The average Bonchev–Trinajstić information content (AvgIpc) is 3.20. The zero-order valence-corrected chi connectivity index (χ0v) is 18.6. The highest BCUT2D eigenvalue weighted by Crippen LogP contribution is 2.25. The minimum Gasteiger partial charge on any atom is -0.494 e. The van der Waals surface area contributed by atoms with Crippen molar-refractivity contribution < 1.29 is 9.13 Å². The fourth-order valence-electron chi connectivity index (χ4n) is 3.52. The number of nitrogens with zero attached hydrogens (tertiary/aromatic N) is 4. The third kappa shape index (κ3) is 5.23. The third-order valence-electron chi connectivity index (χ3n) is 5.24. The van der Waals surface area contributed by atoms with Crippen molar-refractivity contribution in [3.05, 3.63) is 78.2 Å². The Morgan fingerprint density at radius 3 is 2.66 bits per heavy atom. The van der Waals surface area contributed by atoms with E-state index in [1.54, 1.807) is 6.07 Å². The van der Waals surface area contributed by atoms with Crippen LogP contribution in [0.5, 0.6) is 5.75 Å². The van der Waals surface area contributed by atoms with E-state index < -0.39 is 0 Å². The Balaban J connectivity index is 1.49. The highest BCUT2D eigenvalue weighted by molar-refractivity contribution is 5.64. The van der Waals surface area contributed by atoms with E-state index in [9.17, 15) is 4.39 Å². The lowest BCUT2D eigenvalue weighted by atomic mass is 10.1. The van der Waals surface area contributed by atoms with E-state index in [-0.39, 0.29) is 11.9 Å². The van der Waals surface area contributed by atoms with Crippen LogP contribution < -0.4 is 10.1 Å². The van der Waals surface area contributed by atoms with E-state index in [0.29, 0.717) is 12.4 Å². The molecule has 1 N–H and O–H groups in total. The largest absolute Gasteiger partial charge is 0.494 e. The summed E-state index contributed by atoms with van der Waals surface area (Å²) in [7, 11) is 4.11. The zero-order chi connectivity index (χ0) is 22.5. The molecule has 0 unspecified atom stereocenters. The van der Waals surface area contributed by atoms with Gasteiger partial charge in [-0.15, -0.1) is 5.10 Å². The monoisotopic (exact) mass is 433 g/mol. The van der Waals surface area contributed by atoms with Gasteiger partial charge in [0.1, 0.15) is 17.4 Å². The minimum atomic E-state index is -0.249. The molecule has 2 heterocycles. The van der Waals surface area contributed by atoms with Crippen LogP contribution in [0.15, 0.2) is 66.9 Å². The number of imidazole rings is 1. The lowest BCUT2D eigenvalue weighted by molar-refractivity contribution is 0.281. The van der Waals surface area contributed by atoms with Gasteiger partial charge in [-0.25, -0.2) is 13.9 Å². The van der Waals surface area contributed by atoms with Crippen molar-refractivity contribution in [2.75, 3.05) is 32.6 Å². The smallest absolute Gasteiger partial charge is 0.154 e. The van der Waals surface area contributed by atoms with Crippen LogP contribution in [0.3, 0.4) is 0 Å². The highest BCUT2D eigenvalue weighted by Gasteiger charge is 2.11. The number of benzene rings is 2. The first-order valence-electron chi connectivity index (χ1n) is 10.7. The summed E-state index contributed by atoms with van der Waals surface area (Å²) in [6, 6.07) is 18.3. The molecule has 7 heteroatoms. The third-order valence-corrected chi connectivity index (χ3v) is 5.24. The first kappa shape index (κ1) is 21.8. The molecule has 0 aliphatic heterocycles. The van der Waals surface area contributed by atoms with E-state index in [4.69, 9.17) is 9.84 Å². The van der Waals surface area contributed by atoms with Gasteiger partial charge in [-0.2, -0.15) is 0 Å². The summed E-state index contributed by atoms with van der Waals surface area (Å²) in [4.78, 5) is 6.62. The molecule has 0 bridgehead atoms. The summed E-state index contributed by atoms with van der Waals surface area (Å²) < 4.78 is 21.2. The second-order valence-electron chi connectivity index (χ2n) is 8.08. The van der Waals surface area contributed by atoms with Crippen molar-refractivity contribution in [3.8, 4) is 17.0 Å². The van der Waals surface area contributed by atoms with Crippen LogP contribution in [0, 0.1) is 5.82 Å². The summed E-state index contributed by atoms with van der Waals surface area (Å²) >= 11 is 0. The molecular weight excluding hydrogens is 405 g/mol. The summed E-state index contributed by atoms with van der Waals surface area (Å²) in [5, 5.41) is 8.05. The molecule has 4 aromatic rings. The van der Waals surface area contributed by atoms with Crippen LogP contribution >= 0.6 is 0 Å². The predicted octanol–water partition coefficient (Wildman–Crippen LogP) is 5.04. The maximum Gasteiger partial charge on any atom is 0.154 e. The number of ether oxygens (including phenoxy) is 1. The molecule has 32 heavy (non-hydrogen) atoms. The molecule has 2 aromatic heterocycles. The van der Waals surface area contributed by atoms with Gasteiger partial charge >= 0.3 is 0 Å². The molecule has 0 aliphatic rings. The van der Waals surface area contributed by atoms with Crippen LogP contribution in [-0.2, 0) is 0 Å². The molecule has 0 fully saturated rings. The van der Waals surface area contributed by atoms with Crippen molar-refractivity contribution in [1.29, 1.82) is 0 Å². The Morgan fingerprint density at radius 2 is 1.91 bits per heavy atom. The molecule has 2 aromatic carbocycles. The number of anilines is 1. The van der Waals surface area contributed by atoms with Crippen molar-refractivity contribution in [1.82, 2.24) is 19.5 Å². The van der Waals surface area contributed by atoms with Gasteiger partial charge in [-0.1, -0.05) is 12.1 Å². The molecule has 0 saturated heterocycles. The first-order valence-corrected chi connectivity index (χ1v) is 10.7. The lowest BCUT2D eigenvalue weighted by Gasteiger charge is -2.15. The number of fused-ring (bicyclic) bond motifs is 1. The van der Waals surface area contributed by atoms with Gasteiger partial charge in [0.05, 0.1) is 24.5 Å². The molecule has 0 radical (unpaired) electrons. The standard InChI is InChI=1S/C25H28FN5O/c1-18(20-6-4-7-21(26)16-20)28-24-12-13-25-27-17-23(31(25)29-24)19-8-10-22(11-9-19)32-15-5-14-30(2)3/h4,6-13,16-18H,5,14-15H2,1-3H3,(H,28,29)/t18-/m1/s1. The van der Waals surface area contributed by atoms with E-state index in [0.717, 1.165) is 41.2 Å². The first-order chi connectivity index (χ1) is 15.5. The topological polar surface area (TPSA) is 54.7 Å². The molecule has 0 amide bonds. The van der Waals surface area contributed by atoms with E-state index in [2.05, 4.69) is 29.3 Å². The molecule has 6 nitrogen and oxygen atoms in total. The molecule has 0 spiro atoms. The summed E-state index contributed by atoms with van der Waals surface area (Å²) in [6.07, 6.45) is 2.80. The maximum atomic E-state index is 13.6. The SMILES string of the molecule is C[C@@H](Nc1ccc2ncc(-c3ccc(OCCCN(C)C)cc3)n2n1)c1cccc(F)c1. The second kappa shape index (κ2) is 9.78. The fraction of sp³-hybridized carbons (Fsp3) is 0.280. The zero-order valence-electron chi connectivity index (χ0n) is 18.6. The molecule has 4 rings (SSSR count). The van der Waals surface area contributed by atoms with Gasteiger partial charge in [0, 0.05) is 12.1 Å². The van der Waals surface area contributed by atoms with Crippen molar-refractivity contribution in [2.24, 2.45) is 0 Å². The molecule has 166 valence electrons. The number of halogens is 1. The molecular formula is C25H28FN5O. The number of hydrogen-bond donors (Lipinski definition) is 1. The Hall–Kier alpha value is -3.45. The number of aromatic nitrogens is 3. The summed E-state index contributed by atoms with van der Waals surface area (Å²) in [5.74, 6) is 1.29. The van der Waals surface area contributed by atoms with Gasteiger partial charge in [-0.05, 0) is 81.5 Å². The van der Waals surface area contributed by atoms with Crippen LogP contribution in [0.25, 0.3) is 16.9 Å². The Morgan fingerprint density at radius 1 is 1.09 bits per heavy atom. The number of nitrogens with one attached hydrogen (secondary N) is 1. The van der Waals surface area contributed by atoms with Gasteiger partial charge in [-0.3, -0.25) is 0 Å². The Labute approximate surface area is 187 Å². The van der Waals surface area contributed by atoms with Gasteiger partial charge in [0.25, 0.3) is 0 Å². The number of rotatable bonds is 9. The van der Waals surface area contributed by atoms with Crippen molar-refractivity contribution in [2.45, 2.75) is 19.4 Å². The molecule has 1 atom stereocenters. The van der Waals surface area contributed by atoms with Crippen molar-refractivity contribution >= 4 is 11.5 Å². The van der Waals surface area contributed by atoms with Gasteiger partial charge in [0.15, 0.2) is 5.65 Å². The van der Waals surface area contributed by atoms with Crippen LogP contribution in [-0.4, -0.2) is 46.7 Å². The Bertz CT molecular complexity index is 1170. The van der Waals surface area contributed by atoms with Crippen molar-refractivity contribution in [3.63, 3.8) is 0 Å². The highest BCUT2D eigenvalue weighted by atomic mass is 19.1. The van der Waals surface area contributed by atoms with Crippen LogP contribution in [0.1, 0.15) is 24.9 Å². The van der Waals surface area contributed by atoms with E-state index in [1.807, 2.05) is 60.1 Å². The van der Waals surface area contributed by atoms with Crippen LogP contribution in [0.2, 0.25) is 0 Å². The Kier molecular flexibility index (Phi) is 6.66. The summed E-state index contributed by atoms with van der Waals surface area (Å²) in [6.45, 7) is 3.67. The second-order valence-corrected chi connectivity index (χ2v) is 8.08. The average molecular weight is 434 g/mol. The quantitative estimate of drug-likeness (QED) is 0.375. The molecule has 0 aliphatic carbocycles. The predicted molar refractivity (Wildman–Crippen MR) is 126 cm³/mol. The molecule has 0 saturated carbocycles.